The van der Waals surface area contributed by atoms with Crippen molar-refractivity contribution in [3.05, 3.63) is 36.5 Å². The van der Waals surface area contributed by atoms with Crippen molar-refractivity contribution < 1.29 is 9.53 Å². The van der Waals surface area contributed by atoms with E-state index in [9.17, 15) is 4.79 Å². The van der Waals surface area contributed by atoms with E-state index in [-0.39, 0.29) is 17.5 Å². The van der Waals surface area contributed by atoms with Crippen LogP contribution in [0.1, 0.15) is 202 Å². The summed E-state index contributed by atoms with van der Waals surface area (Å²) in [6.45, 7) is 13.6. The van der Waals surface area contributed by atoms with Gasteiger partial charge in [0.2, 0.25) is 0 Å². The fraction of sp³-hybridized carbons (Fsp3) is 0.829. The number of esters is 1. The van der Waals surface area contributed by atoms with Crippen molar-refractivity contribution in [3.63, 3.8) is 0 Å². The number of rotatable bonds is 31. The Morgan fingerprint density at radius 1 is 0.535 bits per heavy atom. The molecule has 0 saturated carbocycles. The van der Waals surface area contributed by atoms with Gasteiger partial charge in [-0.1, -0.05) is 123 Å². The predicted octanol–water partition coefficient (Wildman–Crippen LogP) is 14.0. The van der Waals surface area contributed by atoms with Crippen LogP contribution >= 0.6 is 0 Å². The first-order chi connectivity index (χ1) is 20.9. The molecule has 0 aliphatic heterocycles. The minimum absolute atomic E-state index is 0.0286. The molecule has 1 atom stereocenters. The Labute approximate surface area is 271 Å². The van der Waals surface area contributed by atoms with Crippen LogP contribution in [0.2, 0.25) is 0 Å². The minimum atomic E-state index is 0.0286. The van der Waals surface area contributed by atoms with Crippen LogP contribution in [-0.2, 0) is 9.53 Å². The second-order valence-electron chi connectivity index (χ2n) is 13.9. The standard InChI is InChI=1S/C41H76O2/c1-7-11-14-17-20-23-26-29-32-38(33-30-27-24-21-18-15-12-8-2)39(34-31-28-25-22-19-16-13-9-3)43-40(42)35-37-41(5,6)36-10-4/h20-25,38-39H,7-19,26-37H2,1-6H3/b23-20-,24-21-,25-22-. The maximum Gasteiger partial charge on any atom is 0.306 e. The number of carbonyl (C=O) groups excluding carboxylic acids is 1. The molecule has 0 aliphatic carbocycles. The van der Waals surface area contributed by atoms with Crippen LogP contribution in [0, 0.1) is 11.3 Å². The molecular weight excluding hydrogens is 524 g/mol. The van der Waals surface area contributed by atoms with Gasteiger partial charge in [0.15, 0.2) is 0 Å². The van der Waals surface area contributed by atoms with E-state index in [0.29, 0.717) is 12.3 Å². The lowest BCUT2D eigenvalue weighted by Gasteiger charge is -2.29. The van der Waals surface area contributed by atoms with Gasteiger partial charge in [-0.05, 0) is 120 Å². The van der Waals surface area contributed by atoms with Gasteiger partial charge < -0.3 is 4.74 Å². The third-order valence-corrected chi connectivity index (χ3v) is 8.92. The van der Waals surface area contributed by atoms with Gasteiger partial charge in [-0.3, -0.25) is 4.79 Å². The predicted molar refractivity (Wildman–Crippen MR) is 193 cm³/mol. The Morgan fingerprint density at radius 3 is 1.33 bits per heavy atom. The molecule has 0 aromatic carbocycles. The highest BCUT2D eigenvalue weighted by atomic mass is 16.5. The first-order valence-corrected chi connectivity index (χ1v) is 19.0. The molecule has 0 N–H and O–H groups in total. The second-order valence-corrected chi connectivity index (χ2v) is 13.9. The summed E-state index contributed by atoms with van der Waals surface area (Å²) in [6, 6.07) is 0. The van der Waals surface area contributed by atoms with Crippen molar-refractivity contribution in [2.75, 3.05) is 0 Å². The van der Waals surface area contributed by atoms with E-state index in [4.69, 9.17) is 4.74 Å². The largest absolute Gasteiger partial charge is 0.462 e. The van der Waals surface area contributed by atoms with Crippen LogP contribution in [0.3, 0.4) is 0 Å². The van der Waals surface area contributed by atoms with Crippen molar-refractivity contribution in [2.45, 2.75) is 208 Å². The van der Waals surface area contributed by atoms with Crippen LogP contribution in [-0.4, -0.2) is 12.1 Å². The molecule has 0 saturated heterocycles. The van der Waals surface area contributed by atoms with E-state index >= 15 is 0 Å². The summed E-state index contributed by atoms with van der Waals surface area (Å²) in [5.74, 6) is 0.490. The average molecular weight is 601 g/mol. The highest BCUT2D eigenvalue weighted by Crippen LogP contribution is 2.30. The van der Waals surface area contributed by atoms with Crippen molar-refractivity contribution >= 4 is 5.97 Å². The van der Waals surface area contributed by atoms with E-state index in [1.807, 2.05) is 0 Å². The summed E-state index contributed by atoms with van der Waals surface area (Å²) in [5.41, 5.74) is 0.207. The highest BCUT2D eigenvalue weighted by Gasteiger charge is 2.26. The van der Waals surface area contributed by atoms with Gasteiger partial charge in [-0.15, -0.1) is 0 Å². The first-order valence-electron chi connectivity index (χ1n) is 19.0. The maximum absolute atomic E-state index is 13.2. The smallest absolute Gasteiger partial charge is 0.306 e. The minimum Gasteiger partial charge on any atom is -0.462 e. The number of allylic oxidation sites excluding steroid dienone is 6. The van der Waals surface area contributed by atoms with Gasteiger partial charge in [0, 0.05) is 6.42 Å². The zero-order valence-corrected chi connectivity index (χ0v) is 30.1. The molecule has 0 rings (SSSR count). The first kappa shape index (κ1) is 41.7. The molecule has 0 aromatic heterocycles. The molecule has 0 heterocycles. The molecule has 1 unspecified atom stereocenters. The molecule has 2 nitrogen and oxygen atoms in total. The maximum atomic E-state index is 13.2. The fourth-order valence-electron chi connectivity index (χ4n) is 6.05. The van der Waals surface area contributed by atoms with E-state index in [1.165, 1.54) is 96.3 Å². The zero-order chi connectivity index (χ0) is 31.9. The monoisotopic (exact) mass is 601 g/mol. The zero-order valence-electron chi connectivity index (χ0n) is 30.1. The van der Waals surface area contributed by atoms with Crippen LogP contribution in [0.15, 0.2) is 36.5 Å². The Balaban J connectivity index is 5.28. The highest BCUT2D eigenvalue weighted by molar-refractivity contribution is 5.69. The average Bonchev–Trinajstić information content (AvgIpc) is 2.98. The number of ether oxygens (including phenoxy) is 1. The molecule has 0 amide bonds. The van der Waals surface area contributed by atoms with Crippen LogP contribution in [0.5, 0.6) is 0 Å². The van der Waals surface area contributed by atoms with Crippen molar-refractivity contribution in [1.29, 1.82) is 0 Å². The van der Waals surface area contributed by atoms with Gasteiger partial charge in [-0.2, -0.15) is 0 Å². The third kappa shape index (κ3) is 27.9. The second kappa shape index (κ2) is 30.7. The van der Waals surface area contributed by atoms with Crippen molar-refractivity contribution in [2.24, 2.45) is 11.3 Å². The number of hydrogen-bond acceptors (Lipinski definition) is 2. The molecule has 0 spiro atoms. The van der Waals surface area contributed by atoms with Crippen LogP contribution in [0.25, 0.3) is 0 Å². The molecule has 0 aliphatic rings. The third-order valence-electron chi connectivity index (χ3n) is 8.92. The normalized spacial score (nSPS) is 13.3. The van der Waals surface area contributed by atoms with Crippen molar-refractivity contribution in [3.8, 4) is 0 Å². The van der Waals surface area contributed by atoms with E-state index in [0.717, 1.165) is 57.8 Å². The molecule has 0 aromatic rings. The fourth-order valence-corrected chi connectivity index (χ4v) is 6.05. The Kier molecular flexibility index (Phi) is 29.8. The quantitative estimate of drug-likeness (QED) is 0.0449. The SMILES string of the molecule is CCCCC/C=C\CCCC(CCC/C=C\CCCCC)C(CCC/C=C\CCCCC)OC(=O)CCC(C)(C)CCC. The molecule has 0 radical (unpaired) electrons. The topological polar surface area (TPSA) is 26.3 Å². The van der Waals surface area contributed by atoms with E-state index in [2.05, 4.69) is 78.0 Å². The van der Waals surface area contributed by atoms with Gasteiger partial charge in [0.05, 0.1) is 0 Å². The lowest BCUT2D eigenvalue weighted by Crippen LogP contribution is -2.28. The number of hydrogen-bond donors (Lipinski definition) is 0. The van der Waals surface area contributed by atoms with Gasteiger partial charge >= 0.3 is 5.97 Å². The molecule has 43 heavy (non-hydrogen) atoms. The summed E-state index contributed by atoms with van der Waals surface area (Å²) in [7, 11) is 0. The van der Waals surface area contributed by atoms with Gasteiger partial charge in [-0.25, -0.2) is 0 Å². The lowest BCUT2D eigenvalue weighted by atomic mass is 9.83. The van der Waals surface area contributed by atoms with E-state index < -0.39 is 0 Å². The van der Waals surface area contributed by atoms with Gasteiger partial charge in [0.25, 0.3) is 0 Å². The molecule has 2 heteroatoms. The molecule has 0 bridgehead atoms. The van der Waals surface area contributed by atoms with E-state index in [1.54, 1.807) is 0 Å². The van der Waals surface area contributed by atoms with Crippen LogP contribution < -0.4 is 0 Å². The summed E-state index contributed by atoms with van der Waals surface area (Å²) >= 11 is 0. The summed E-state index contributed by atoms with van der Waals surface area (Å²) in [5, 5.41) is 0. The summed E-state index contributed by atoms with van der Waals surface area (Å²) in [6.07, 6.45) is 43.7. The molecule has 0 fully saturated rings. The number of unbranched alkanes of at least 4 members (excludes halogenated alkanes) is 12. The molecular formula is C41H76O2. The summed E-state index contributed by atoms with van der Waals surface area (Å²) in [4.78, 5) is 13.2. The van der Waals surface area contributed by atoms with Crippen molar-refractivity contribution in [1.82, 2.24) is 0 Å². The Hall–Kier alpha value is -1.31. The number of carbonyl (C=O) groups is 1. The molecule has 252 valence electrons. The van der Waals surface area contributed by atoms with Gasteiger partial charge in [0.1, 0.15) is 6.10 Å². The van der Waals surface area contributed by atoms with Crippen LogP contribution in [0.4, 0.5) is 0 Å². The lowest BCUT2D eigenvalue weighted by molar-refractivity contribution is -0.153. The summed E-state index contributed by atoms with van der Waals surface area (Å²) < 4.78 is 6.39. The Morgan fingerprint density at radius 2 is 0.930 bits per heavy atom. The Bertz CT molecular complexity index is 660.